The van der Waals surface area contributed by atoms with Crippen molar-refractivity contribution in [1.82, 2.24) is 20.5 Å². The Kier molecular flexibility index (Phi) is 3.70. The second kappa shape index (κ2) is 5.46. The summed E-state index contributed by atoms with van der Waals surface area (Å²) in [6, 6.07) is 0. The first kappa shape index (κ1) is 12.9. The molecule has 1 aliphatic carbocycles. The monoisotopic (exact) mass is 265 g/mol. The highest BCUT2D eigenvalue weighted by molar-refractivity contribution is 5.30. The van der Waals surface area contributed by atoms with Crippen molar-refractivity contribution in [3.63, 3.8) is 0 Å². The molecule has 0 aromatic carbocycles. The van der Waals surface area contributed by atoms with E-state index >= 15 is 0 Å². The van der Waals surface area contributed by atoms with Gasteiger partial charge in [-0.3, -0.25) is 5.10 Å². The van der Waals surface area contributed by atoms with Gasteiger partial charge in [0.05, 0.1) is 6.10 Å². The molecule has 1 aliphatic heterocycles. The number of H-pyrrole nitrogens is 1. The Labute approximate surface area is 113 Å². The Morgan fingerprint density at radius 3 is 3.05 bits per heavy atom. The summed E-state index contributed by atoms with van der Waals surface area (Å²) in [6.45, 7) is 3.14. The molecule has 2 fully saturated rings. The molecule has 2 heterocycles. The zero-order valence-corrected chi connectivity index (χ0v) is 11.5. The number of aliphatic hydroxyl groups excluding tert-OH is 1. The standard InChI is InChI=1S/C13H23N5O/c1-14-7-9-3-2-4-18(8-9)13-15-12(16-17-13)10-5-11(19)6-10/h9-11,14,19H,2-8H2,1H3,(H,15,16,17). The van der Waals surface area contributed by atoms with E-state index in [-0.39, 0.29) is 6.10 Å². The summed E-state index contributed by atoms with van der Waals surface area (Å²) < 4.78 is 0. The minimum absolute atomic E-state index is 0.145. The van der Waals surface area contributed by atoms with E-state index < -0.39 is 0 Å². The Bertz CT molecular complexity index is 413. The molecule has 0 radical (unpaired) electrons. The van der Waals surface area contributed by atoms with E-state index in [4.69, 9.17) is 0 Å². The molecule has 1 unspecified atom stereocenters. The van der Waals surface area contributed by atoms with Gasteiger partial charge in [0.2, 0.25) is 5.95 Å². The number of nitrogens with one attached hydrogen (secondary N) is 2. The molecule has 1 aromatic rings. The summed E-state index contributed by atoms with van der Waals surface area (Å²) in [6.07, 6.45) is 3.98. The molecule has 0 spiro atoms. The average molecular weight is 265 g/mol. The molecule has 6 heteroatoms. The normalized spacial score (nSPS) is 31.3. The SMILES string of the molecule is CNCC1CCCN(c2n[nH]c(C3CC(O)C3)n2)C1. The molecule has 19 heavy (non-hydrogen) atoms. The third kappa shape index (κ3) is 2.74. The summed E-state index contributed by atoms with van der Waals surface area (Å²) in [4.78, 5) is 6.89. The fraction of sp³-hybridized carbons (Fsp3) is 0.846. The van der Waals surface area contributed by atoms with Gasteiger partial charge in [0.15, 0.2) is 0 Å². The smallest absolute Gasteiger partial charge is 0.244 e. The van der Waals surface area contributed by atoms with Gasteiger partial charge in [-0.25, -0.2) is 0 Å². The topological polar surface area (TPSA) is 77.1 Å². The number of aromatic nitrogens is 3. The van der Waals surface area contributed by atoms with Gasteiger partial charge in [0.1, 0.15) is 5.82 Å². The maximum absolute atomic E-state index is 9.35. The fourth-order valence-corrected chi connectivity index (χ4v) is 3.10. The van der Waals surface area contributed by atoms with Gasteiger partial charge < -0.3 is 15.3 Å². The minimum atomic E-state index is -0.145. The third-order valence-corrected chi connectivity index (χ3v) is 4.29. The molecule has 106 valence electrons. The van der Waals surface area contributed by atoms with E-state index in [2.05, 4.69) is 25.4 Å². The summed E-state index contributed by atoms with van der Waals surface area (Å²) in [5, 5.41) is 20.0. The first-order valence-electron chi connectivity index (χ1n) is 7.26. The van der Waals surface area contributed by atoms with Crippen LogP contribution in [0.15, 0.2) is 0 Å². The zero-order valence-electron chi connectivity index (χ0n) is 11.5. The van der Waals surface area contributed by atoms with Crippen LogP contribution in [0.3, 0.4) is 0 Å². The van der Waals surface area contributed by atoms with E-state index in [9.17, 15) is 5.11 Å². The van der Waals surface area contributed by atoms with Gasteiger partial charge in [-0.05, 0) is 45.2 Å². The van der Waals surface area contributed by atoms with Crippen molar-refractivity contribution in [2.45, 2.75) is 37.7 Å². The second-order valence-electron chi connectivity index (χ2n) is 5.85. The van der Waals surface area contributed by atoms with Gasteiger partial charge in [-0.15, -0.1) is 5.10 Å². The summed E-state index contributed by atoms with van der Waals surface area (Å²) in [7, 11) is 2.01. The van der Waals surface area contributed by atoms with E-state index in [0.29, 0.717) is 11.8 Å². The molecular weight excluding hydrogens is 242 g/mol. The molecule has 1 aromatic heterocycles. The zero-order chi connectivity index (χ0) is 13.2. The maximum Gasteiger partial charge on any atom is 0.244 e. The van der Waals surface area contributed by atoms with Crippen LogP contribution in [-0.2, 0) is 0 Å². The third-order valence-electron chi connectivity index (χ3n) is 4.29. The largest absolute Gasteiger partial charge is 0.393 e. The Morgan fingerprint density at radius 2 is 2.32 bits per heavy atom. The Balaban J connectivity index is 1.62. The molecule has 0 bridgehead atoms. The minimum Gasteiger partial charge on any atom is -0.393 e. The molecule has 2 aliphatic rings. The fourth-order valence-electron chi connectivity index (χ4n) is 3.10. The highest BCUT2D eigenvalue weighted by Crippen LogP contribution is 2.35. The van der Waals surface area contributed by atoms with Crippen LogP contribution < -0.4 is 10.2 Å². The van der Waals surface area contributed by atoms with E-state index in [0.717, 1.165) is 44.2 Å². The van der Waals surface area contributed by atoms with Crippen molar-refractivity contribution in [2.75, 3.05) is 31.6 Å². The number of piperidine rings is 1. The first-order valence-corrected chi connectivity index (χ1v) is 7.26. The van der Waals surface area contributed by atoms with Crippen molar-refractivity contribution >= 4 is 5.95 Å². The molecular formula is C13H23N5O. The van der Waals surface area contributed by atoms with Crippen molar-refractivity contribution in [2.24, 2.45) is 5.92 Å². The van der Waals surface area contributed by atoms with Crippen LogP contribution >= 0.6 is 0 Å². The van der Waals surface area contributed by atoms with E-state index in [1.807, 2.05) is 7.05 Å². The number of nitrogens with zero attached hydrogens (tertiary/aromatic N) is 3. The number of aliphatic hydroxyl groups is 1. The van der Waals surface area contributed by atoms with Crippen molar-refractivity contribution < 1.29 is 5.11 Å². The lowest BCUT2D eigenvalue weighted by Crippen LogP contribution is -2.39. The van der Waals surface area contributed by atoms with Crippen LogP contribution in [-0.4, -0.2) is 53.1 Å². The van der Waals surface area contributed by atoms with Gasteiger partial charge in [-0.1, -0.05) is 0 Å². The number of aromatic amines is 1. The molecule has 3 rings (SSSR count). The van der Waals surface area contributed by atoms with Gasteiger partial charge >= 0.3 is 0 Å². The quantitative estimate of drug-likeness (QED) is 0.738. The number of rotatable bonds is 4. The second-order valence-corrected chi connectivity index (χ2v) is 5.85. The summed E-state index contributed by atoms with van der Waals surface area (Å²) in [5.74, 6) is 2.83. The molecule has 1 atom stereocenters. The van der Waals surface area contributed by atoms with Gasteiger partial charge in [-0.2, -0.15) is 4.98 Å². The molecule has 1 saturated carbocycles. The lowest BCUT2D eigenvalue weighted by molar-refractivity contribution is 0.0718. The highest BCUT2D eigenvalue weighted by Gasteiger charge is 2.32. The van der Waals surface area contributed by atoms with Gasteiger partial charge in [0.25, 0.3) is 0 Å². The average Bonchev–Trinajstić information content (AvgIpc) is 2.85. The van der Waals surface area contributed by atoms with Crippen LogP contribution in [0, 0.1) is 5.92 Å². The van der Waals surface area contributed by atoms with E-state index in [1.54, 1.807) is 0 Å². The lowest BCUT2D eigenvalue weighted by Gasteiger charge is -2.32. The van der Waals surface area contributed by atoms with E-state index in [1.165, 1.54) is 12.8 Å². The number of hydrogen-bond donors (Lipinski definition) is 3. The molecule has 6 nitrogen and oxygen atoms in total. The number of hydrogen-bond acceptors (Lipinski definition) is 5. The summed E-state index contributed by atoms with van der Waals surface area (Å²) >= 11 is 0. The van der Waals surface area contributed by atoms with Crippen LogP contribution in [0.25, 0.3) is 0 Å². The first-order chi connectivity index (χ1) is 9.26. The Morgan fingerprint density at radius 1 is 1.47 bits per heavy atom. The van der Waals surface area contributed by atoms with Crippen molar-refractivity contribution in [3.8, 4) is 0 Å². The predicted molar refractivity (Wildman–Crippen MR) is 73.2 cm³/mol. The van der Waals surface area contributed by atoms with Crippen LogP contribution in [0.1, 0.15) is 37.4 Å². The van der Waals surface area contributed by atoms with Crippen LogP contribution in [0.2, 0.25) is 0 Å². The molecule has 3 N–H and O–H groups in total. The predicted octanol–water partition coefficient (Wildman–Crippen LogP) is 0.479. The molecule has 0 amide bonds. The maximum atomic E-state index is 9.35. The number of anilines is 1. The van der Waals surface area contributed by atoms with Crippen LogP contribution in [0.5, 0.6) is 0 Å². The van der Waals surface area contributed by atoms with Crippen LogP contribution in [0.4, 0.5) is 5.95 Å². The van der Waals surface area contributed by atoms with Crippen molar-refractivity contribution in [3.05, 3.63) is 5.82 Å². The highest BCUT2D eigenvalue weighted by atomic mass is 16.3. The Hall–Kier alpha value is -1.14. The van der Waals surface area contributed by atoms with Crippen molar-refractivity contribution in [1.29, 1.82) is 0 Å². The van der Waals surface area contributed by atoms with Gasteiger partial charge in [0, 0.05) is 19.0 Å². The molecule has 1 saturated heterocycles. The lowest BCUT2D eigenvalue weighted by atomic mass is 9.82. The summed E-state index contributed by atoms with van der Waals surface area (Å²) in [5.41, 5.74) is 0.